The fraction of sp³-hybridized carbons (Fsp3) is 0.571. The number of hydrogen-bond donors (Lipinski definition) is 0. The van der Waals surface area contributed by atoms with Crippen molar-refractivity contribution in [2.24, 2.45) is 11.8 Å². The van der Waals surface area contributed by atoms with Crippen molar-refractivity contribution >= 4 is 0 Å². The highest BCUT2D eigenvalue weighted by molar-refractivity contribution is 5.32. The van der Waals surface area contributed by atoms with Crippen molar-refractivity contribution in [1.82, 2.24) is 0 Å². The molecule has 0 saturated heterocycles. The van der Waals surface area contributed by atoms with Crippen LogP contribution in [0.3, 0.4) is 0 Å². The Balaban J connectivity index is 1.91. The van der Waals surface area contributed by atoms with Crippen molar-refractivity contribution in [3.63, 3.8) is 0 Å². The molecule has 1 fully saturated rings. The van der Waals surface area contributed by atoms with Gasteiger partial charge >= 0.3 is 6.18 Å². The Morgan fingerprint density at radius 1 is 1.22 bits per heavy atom. The molecule has 0 spiro atoms. The van der Waals surface area contributed by atoms with Gasteiger partial charge in [-0.3, -0.25) is 0 Å². The van der Waals surface area contributed by atoms with Crippen molar-refractivity contribution < 1.29 is 17.9 Å². The van der Waals surface area contributed by atoms with Crippen LogP contribution in [0.15, 0.2) is 24.3 Å². The van der Waals surface area contributed by atoms with Gasteiger partial charge in [0.2, 0.25) is 0 Å². The number of alkyl halides is 3. The summed E-state index contributed by atoms with van der Waals surface area (Å²) in [5.74, 6) is 2.22. The Morgan fingerprint density at radius 2 is 1.83 bits per heavy atom. The van der Waals surface area contributed by atoms with Gasteiger partial charge < -0.3 is 4.74 Å². The van der Waals surface area contributed by atoms with E-state index < -0.39 is 12.8 Å². The third kappa shape index (κ3) is 3.40. The van der Waals surface area contributed by atoms with E-state index in [2.05, 4.69) is 18.6 Å². The van der Waals surface area contributed by atoms with E-state index in [9.17, 15) is 13.2 Å². The second kappa shape index (κ2) is 4.82. The zero-order valence-corrected chi connectivity index (χ0v) is 10.5. The molecule has 1 aromatic rings. The van der Waals surface area contributed by atoms with Crippen LogP contribution in [0.1, 0.15) is 31.7 Å². The molecule has 0 aliphatic heterocycles. The molecule has 2 atom stereocenters. The molecule has 0 unspecified atom stereocenters. The first-order valence-corrected chi connectivity index (χ1v) is 6.16. The van der Waals surface area contributed by atoms with E-state index in [1.165, 1.54) is 12.0 Å². The topological polar surface area (TPSA) is 9.23 Å². The van der Waals surface area contributed by atoms with Crippen LogP contribution in [-0.2, 0) is 0 Å². The van der Waals surface area contributed by atoms with Crippen LogP contribution in [0, 0.1) is 11.8 Å². The molecule has 1 nitrogen and oxygen atoms in total. The molecule has 2 rings (SSSR count). The molecular formula is C14H17F3O. The third-order valence-corrected chi connectivity index (χ3v) is 3.41. The van der Waals surface area contributed by atoms with Crippen LogP contribution in [-0.4, -0.2) is 12.8 Å². The molecule has 1 saturated carbocycles. The van der Waals surface area contributed by atoms with Gasteiger partial charge in [-0.25, -0.2) is 0 Å². The minimum absolute atomic E-state index is 0.276. The number of ether oxygens (including phenoxy) is 1. The summed E-state index contributed by atoms with van der Waals surface area (Å²) in [4.78, 5) is 0. The maximum absolute atomic E-state index is 12.0. The molecular weight excluding hydrogens is 241 g/mol. The largest absolute Gasteiger partial charge is 0.484 e. The van der Waals surface area contributed by atoms with Crippen LogP contribution in [0.5, 0.6) is 5.75 Å². The van der Waals surface area contributed by atoms with Crippen molar-refractivity contribution in [1.29, 1.82) is 0 Å². The average molecular weight is 258 g/mol. The molecule has 18 heavy (non-hydrogen) atoms. The second-order valence-electron chi connectivity index (χ2n) is 5.22. The van der Waals surface area contributed by atoms with Crippen LogP contribution < -0.4 is 4.74 Å². The minimum atomic E-state index is -4.28. The predicted octanol–water partition coefficient (Wildman–Crippen LogP) is 4.39. The Bertz CT molecular complexity index is 394. The van der Waals surface area contributed by atoms with Gasteiger partial charge in [0.25, 0.3) is 0 Å². The fourth-order valence-corrected chi connectivity index (χ4v) is 2.31. The molecule has 0 N–H and O–H groups in total. The summed E-state index contributed by atoms with van der Waals surface area (Å²) in [6.45, 7) is 3.17. The lowest BCUT2D eigenvalue weighted by Crippen LogP contribution is -2.19. The summed E-state index contributed by atoms with van der Waals surface area (Å²) in [5, 5.41) is 0. The van der Waals surface area contributed by atoms with E-state index in [-0.39, 0.29) is 5.75 Å². The molecule has 1 aliphatic carbocycles. The van der Waals surface area contributed by atoms with E-state index in [1.807, 2.05) is 12.1 Å². The van der Waals surface area contributed by atoms with Gasteiger partial charge in [-0.2, -0.15) is 13.2 Å². The Morgan fingerprint density at radius 3 is 2.28 bits per heavy atom. The van der Waals surface area contributed by atoms with Gasteiger partial charge in [-0.05, 0) is 41.9 Å². The van der Waals surface area contributed by atoms with Crippen LogP contribution in [0.4, 0.5) is 13.2 Å². The van der Waals surface area contributed by atoms with Crippen molar-refractivity contribution in [2.75, 3.05) is 6.61 Å². The smallest absolute Gasteiger partial charge is 0.422 e. The van der Waals surface area contributed by atoms with E-state index in [4.69, 9.17) is 0 Å². The van der Waals surface area contributed by atoms with Crippen LogP contribution >= 0.6 is 0 Å². The molecule has 0 heterocycles. The van der Waals surface area contributed by atoms with Gasteiger partial charge in [0.15, 0.2) is 6.61 Å². The quantitative estimate of drug-likeness (QED) is 0.778. The monoisotopic (exact) mass is 258 g/mol. The molecule has 0 bridgehead atoms. The van der Waals surface area contributed by atoms with E-state index >= 15 is 0 Å². The van der Waals surface area contributed by atoms with Gasteiger partial charge in [-0.1, -0.05) is 26.0 Å². The number of benzene rings is 1. The molecule has 4 heteroatoms. The third-order valence-electron chi connectivity index (χ3n) is 3.41. The zero-order chi connectivity index (χ0) is 13.3. The van der Waals surface area contributed by atoms with Gasteiger partial charge in [0.1, 0.15) is 5.75 Å². The number of halogens is 3. The number of rotatable bonds is 4. The molecule has 0 aromatic heterocycles. The van der Waals surface area contributed by atoms with Crippen molar-refractivity contribution in [3.05, 3.63) is 29.8 Å². The highest BCUT2D eigenvalue weighted by atomic mass is 19.4. The van der Waals surface area contributed by atoms with E-state index in [1.54, 1.807) is 12.1 Å². The summed E-state index contributed by atoms with van der Waals surface area (Å²) in [6, 6.07) is 6.99. The molecule has 0 amide bonds. The molecule has 1 aliphatic rings. The maximum atomic E-state index is 12.0. The highest BCUT2D eigenvalue weighted by Gasteiger charge is 2.40. The average Bonchev–Trinajstić information content (AvgIpc) is 3.06. The maximum Gasteiger partial charge on any atom is 0.422 e. The van der Waals surface area contributed by atoms with Gasteiger partial charge in [-0.15, -0.1) is 0 Å². The van der Waals surface area contributed by atoms with Crippen LogP contribution in [0.25, 0.3) is 0 Å². The van der Waals surface area contributed by atoms with E-state index in [0.717, 1.165) is 0 Å². The lowest BCUT2D eigenvalue weighted by molar-refractivity contribution is -0.153. The fourth-order valence-electron chi connectivity index (χ4n) is 2.31. The zero-order valence-electron chi connectivity index (χ0n) is 10.5. The van der Waals surface area contributed by atoms with E-state index in [0.29, 0.717) is 17.8 Å². The summed E-state index contributed by atoms with van der Waals surface area (Å²) < 4.78 is 40.6. The van der Waals surface area contributed by atoms with Crippen LogP contribution in [0.2, 0.25) is 0 Å². The second-order valence-corrected chi connectivity index (χ2v) is 5.22. The number of hydrogen-bond acceptors (Lipinski definition) is 1. The Hall–Kier alpha value is -1.19. The first kappa shape index (κ1) is 13.2. The predicted molar refractivity (Wildman–Crippen MR) is 63.7 cm³/mol. The SMILES string of the molecule is CC(C)[C@H]1C[C@@H]1c1ccc(OCC(F)(F)F)cc1. The first-order chi connectivity index (χ1) is 8.37. The van der Waals surface area contributed by atoms with Gasteiger partial charge in [0.05, 0.1) is 0 Å². The normalized spacial score (nSPS) is 23.2. The Kier molecular flexibility index (Phi) is 3.55. The molecule has 0 radical (unpaired) electrons. The summed E-state index contributed by atoms with van der Waals surface area (Å²) in [6.07, 6.45) is -3.10. The van der Waals surface area contributed by atoms with Gasteiger partial charge in [0, 0.05) is 0 Å². The molecule has 1 aromatic carbocycles. The highest BCUT2D eigenvalue weighted by Crippen LogP contribution is 2.51. The summed E-state index contributed by atoms with van der Waals surface area (Å²) in [5.41, 5.74) is 1.20. The minimum Gasteiger partial charge on any atom is -0.484 e. The standard InChI is InChI=1S/C14H17F3O/c1-9(2)12-7-13(12)10-3-5-11(6-4-10)18-8-14(15,16)17/h3-6,9,12-13H,7-8H2,1-2H3/t12-,13-/m1/s1. The summed E-state index contributed by atoms with van der Waals surface area (Å²) in [7, 11) is 0. The first-order valence-electron chi connectivity index (χ1n) is 6.16. The van der Waals surface area contributed by atoms with Crippen molar-refractivity contribution in [3.8, 4) is 5.75 Å². The lowest BCUT2D eigenvalue weighted by Gasteiger charge is -2.10. The lowest BCUT2D eigenvalue weighted by atomic mass is 10.0. The van der Waals surface area contributed by atoms with Crippen molar-refractivity contribution in [2.45, 2.75) is 32.4 Å². The Labute approximate surface area is 105 Å². The molecule has 100 valence electrons. The summed E-state index contributed by atoms with van der Waals surface area (Å²) >= 11 is 0.